The molecule has 0 bridgehead atoms. The summed E-state index contributed by atoms with van der Waals surface area (Å²) in [5.74, 6) is 1.40. The molecule has 0 N–H and O–H groups in total. The van der Waals surface area contributed by atoms with Crippen LogP contribution in [0.5, 0.6) is 0 Å². The van der Waals surface area contributed by atoms with Crippen molar-refractivity contribution < 1.29 is 0 Å². The van der Waals surface area contributed by atoms with Gasteiger partial charge in [0.05, 0.1) is 0 Å². The third-order valence-electron chi connectivity index (χ3n) is 8.25. The molecule has 0 heterocycles. The van der Waals surface area contributed by atoms with E-state index in [-0.39, 0.29) is 0 Å². The number of benzene rings is 2. The lowest BCUT2D eigenvalue weighted by Gasteiger charge is -2.25. The zero-order valence-corrected chi connectivity index (χ0v) is 19.2. The highest BCUT2D eigenvalue weighted by molar-refractivity contribution is 5.79. The molecule has 0 heteroatoms. The Bertz CT molecular complexity index is 1110. The van der Waals surface area contributed by atoms with Crippen molar-refractivity contribution in [1.29, 1.82) is 0 Å². The summed E-state index contributed by atoms with van der Waals surface area (Å²) < 4.78 is 0. The van der Waals surface area contributed by atoms with Crippen molar-refractivity contribution in [3.8, 4) is 0 Å². The van der Waals surface area contributed by atoms with Gasteiger partial charge in [-0.25, -0.2) is 0 Å². The van der Waals surface area contributed by atoms with Crippen molar-refractivity contribution in [2.24, 2.45) is 11.8 Å². The smallest absolute Gasteiger partial charge is 0.0281 e. The van der Waals surface area contributed by atoms with E-state index in [4.69, 9.17) is 0 Å². The van der Waals surface area contributed by atoms with E-state index in [1.165, 1.54) is 91.2 Å². The molecule has 0 spiro atoms. The van der Waals surface area contributed by atoms with Crippen LogP contribution >= 0.6 is 0 Å². The third kappa shape index (κ3) is 3.96. The molecule has 2 aromatic rings. The molecule has 6 rings (SSSR count). The summed E-state index contributed by atoms with van der Waals surface area (Å²) in [5, 5.41) is 0. The fraction of sp³-hybridized carbons (Fsp3) is 0.375. The van der Waals surface area contributed by atoms with Crippen LogP contribution in [0.3, 0.4) is 0 Å². The molecule has 32 heavy (non-hydrogen) atoms. The lowest BCUT2D eigenvalue weighted by atomic mass is 9.79. The van der Waals surface area contributed by atoms with Crippen molar-refractivity contribution in [1.82, 2.24) is 0 Å². The maximum absolute atomic E-state index is 2.46. The lowest BCUT2D eigenvalue weighted by Crippen LogP contribution is -2.10. The number of hydrogen-bond acceptors (Lipinski definition) is 0. The average molecular weight is 419 g/mol. The van der Waals surface area contributed by atoms with E-state index in [0.717, 1.165) is 12.3 Å². The molecule has 4 aliphatic rings. The third-order valence-corrected chi connectivity index (χ3v) is 8.25. The number of fused-ring (bicyclic) bond motifs is 2. The summed E-state index contributed by atoms with van der Waals surface area (Å²) >= 11 is 0. The Morgan fingerprint density at radius 1 is 0.719 bits per heavy atom. The van der Waals surface area contributed by atoms with Gasteiger partial charge in [-0.15, -0.1) is 0 Å². The Kier molecular flexibility index (Phi) is 5.47. The standard InChI is InChI=1S/C32H34/c1-2-6-23(5-1)11-12-24-13-15-25(16-14-24)21-28-19-20-31(32-10-4-9-30(28)32)29-18-17-26-7-3-8-27(26)22-29/h4,9-10,13-20,22-23,32H,1-3,5-8,11-12,21H2. The maximum Gasteiger partial charge on any atom is 0.0281 e. The van der Waals surface area contributed by atoms with Gasteiger partial charge in [-0.1, -0.05) is 98.5 Å². The minimum absolute atomic E-state index is 0.417. The van der Waals surface area contributed by atoms with E-state index in [2.05, 4.69) is 72.8 Å². The van der Waals surface area contributed by atoms with E-state index in [0.29, 0.717) is 5.92 Å². The number of rotatable bonds is 6. The molecular weight excluding hydrogens is 384 g/mol. The predicted molar refractivity (Wildman–Crippen MR) is 136 cm³/mol. The molecule has 0 radical (unpaired) electrons. The first-order valence-electron chi connectivity index (χ1n) is 12.8. The number of hydrogen-bond donors (Lipinski definition) is 0. The van der Waals surface area contributed by atoms with E-state index >= 15 is 0 Å². The van der Waals surface area contributed by atoms with Gasteiger partial charge in [-0.3, -0.25) is 0 Å². The van der Waals surface area contributed by atoms with Crippen molar-refractivity contribution in [2.45, 2.75) is 64.2 Å². The molecule has 1 saturated carbocycles. The molecule has 162 valence electrons. The van der Waals surface area contributed by atoms with Crippen molar-refractivity contribution in [3.63, 3.8) is 0 Å². The van der Waals surface area contributed by atoms with Crippen LogP contribution in [0.4, 0.5) is 0 Å². The summed E-state index contributed by atoms with van der Waals surface area (Å²) in [5.41, 5.74) is 11.9. The maximum atomic E-state index is 2.46. The van der Waals surface area contributed by atoms with Crippen LogP contribution in [0, 0.1) is 11.8 Å². The first kappa shape index (κ1) is 20.0. The van der Waals surface area contributed by atoms with Gasteiger partial charge in [0.15, 0.2) is 0 Å². The second kappa shape index (κ2) is 8.74. The average Bonchev–Trinajstić information content (AvgIpc) is 3.60. The summed E-state index contributed by atoms with van der Waals surface area (Å²) in [4.78, 5) is 0. The Morgan fingerprint density at radius 3 is 2.41 bits per heavy atom. The molecule has 0 saturated heterocycles. The van der Waals surface area contributed by atoms with Gasteiger partial charge in [0.2, 0.25) is 0 Å². The zero-order valence-electron chi connectivity index (χ0n) is 19.2. The van der Waals surface area contributed by atoms with E-state index in [1.54, 1.807) is 11.1 Å². The van der Waals surface area contributed by atoms with Gasteiger partial charge in [0.1, 0.15) is 0 Å². The van der Waals surface area contributed by atoms with Gasteiger partial charge in [0.25, 0.3) is 0 Å². The van der Waals surface area contributed by atoms with Crippen LogP contribution in [-0.4, -0.2) is 0 Å². The summed E-state index contributed by atoms with van der Waals surface area (Å²) in [7, 11) is 0. The van der Waals surface area contributed by atoms with Crippen molar-refractivity contribution >= 4 is 5.57 Å². The highest BCUT2D eigenvalue weighted by atomic mass is 14.3. The molecular formula is C32H34. The topological polar surface area (TPSA) is 0 Å². The summed E-state index contributed by atoms with van der Waals surface area (Å²) in [6.45, 7) is 0. The number of aryl methyl sites for hydroxylation is 3. The molecule has 2 aromatic carbocycles. The van der Waals surface area contributed by atoms with Gasteiger partial charge < -0.3 is 0 Å². The van der Waals surface area contributed by atoms with Crippen LogP contribution in [-0.2, 0) is 25.7 Å². The quantitative estimate of drug-likeness (QED) is 0.446. The Balaban J connectivity index is 1.18. The first-order chi connectivity index (χ1) is 15.8. The predicted octanol–water partition coefficient (Wildman–Crippen LogP) is 7.98. The highest BCUT2D eigenvalue weighted by Gasteiger charge is 2.26. The summed E-state index contributed by atoms with van der Waals surface area (Å²) in [6.07, 6.45) is 25.0. The van der Waals surface area contributed by atoms with Crippen LogP contribution in [0.1, 0.15) is 66.3 Å². The van der Waals surface area contributed by atoms with E-state index < -0.39 is 0 Å². The molecule has 1 atom stereocenters. The zero-order chi connectivity index (χ0) is 21.3. The van der Waals surface area contributed by atoms with Gasteiger partial charge in [-0.2, -0.15) is 0 Å². The van der Waals surface area contributed by atoms with E-state index in [1.807, 2.05) is 0 Å². The van der Waals surface area contributed by atoms with Gasteiger partial charge in [0, 0.05) is 5.92 Å². The molecule has 4 aliphatic carbocycles. The molecule has 0 aliphatic heterocycles. The molecule has 0 aromatic heterocycles. The monoisotopic (exact) mass is 418 g/mol. The summed E-state index contributed by atoms with van der Waals surface area (Å²) in [6, 6.07) is 16.7. The second-order valence-corrected chi connectivity index (χ2v) is 10.3. The molecule has 1 fully saturated rings. The van der Waals surface area contributed by atoms with Crippen molar-refractivity contribution in [3.05, 3.63) is 112 Å². The molecule has 0 nitrogen and oxygen atoms in total. The van der Waals surface area contributed by atoms with Crippen LogP contribution in [0.15, 0.2) is 84.0 Å². The lowest BCUT2D eigenvalue weighted by molar-refractivity contribution is 0.504. The Morgan fingerprint density at radius 2 is 1.53 bits per heavy atom. The first-order valence-corrected chi connectivity index (χ1v) is 12.8. The van der Waals surface area contributed by atoms with Crippen LogP contribution in [0.2, 0.25) is 0 Å². The van der Waals surface area contributed by atoms with Crippen molar-refractivity contribution in [2.75, 3.05) is 0 Å². The van der Waals surface area contributed by atoms with Gasteiger partial charge in [-0.05, 0) is 89.0 Å². The molecule has 0 amide bonds. The van der Waals surface area contributed by atoms with E-state index in [9.17, 15) is 0 Å². The van der Waals surface area contributed by atoms with Gasteiger partial charge >= 0.3 is 0 Å². The minimum atomic E-state index is 0.417. The highest BCUT2D eigenvalue weighted by Crippen LogP contribution is 2.42. The minimum Gasteiger partial charge on any atom is -0.0726 e. The SMILES string of the molecule is C1=CC2C(=C1)C(Cc1ccc(CCC3CCCC3)cc1)=CC=C2c1ccc2c(c1)CCC2. The fourth-order valence-corrected chi connectivity index (χ4v) is 6.35. The fourth-order valence-electron chi connectivity index (χ4n) is 6.35. The number of allylic oxidation sites excluding steroid dienone is 8. The van der Waals surface area contributed by atoms with Crippen LogP contribution in [0.25, 0.3) is 5.57 Å². The molecule has 1 unspecified atom stereocenters. The largest absolute Gasteiger partial charge is 0.0726 e. The Labute approximate surface area is 193 Å². The Hall–Kier alpha value is -2.60. The normalized spacial score (nSPS) is 21.9. The van der Waals surface area contributed by atoms with Crippen LogP contribution < -0.4 is 0 Å². The second-order valence-electron chi connectivity index (χ2n) is 10.3.